The summed E-state index contributed by atoms with van der Waals surface area (Å²) in [6.45, 7) is 4.88. The molecule has 0 aromatic heterocycles. The lowest BCUT2D eigenvalue weighted by atomic mass is 9.93. The van der Waals surface area contributed by atoms with Crippen molar-refractivity contribution in [3.8, 4) is 0 Å². The van der Waals surface area contributed by atoms with Crippen molar-refractivity contribution in [1.29, 1.82) is 0 Å². The van der Waals surface area contributed by atoms with Gasteiger partial charge in [-0.15, -0.1) is 0 Å². The first-order chi connectivity index (χ1) is 12.5. The molecule has 1 aromatic carbocycles. The van der Waals surface area contributed by atoms with Crippen LogP contribution in [0.5, 0.6) is 0 Å². The Bertz CT molecular complexity index is 701. The minimum absolute atomic E-state index is 0.277. The van der Waals surface area contributed by atoms with Gasteiger partial charge in [-0.05, 0) is 63.5 Å². The zero-order chi connectivity index (χ0) is 18.6. The van der Waals surface area contributed by atoms with Crippen molar-refractivity contribution >= 4 is 15.9 Å². The monoisotopic (exact) mass is 378 g/mol. The first-order valence-corrected chi connectivity index (χ1v) is 11.3. The Balaban J connectivity index is 1.47. The summed E-state index contributed by atoms with van der Waals surface area (Å²) in [4.78, 5) is 14.7. The number of carbonyl (C=O) groups is 1. The van der Waals surface area contributed by atoms with Crippen molar-refractivity contribution in [2.24, 2.45) is 5.92 Å². The molecular weight excluding hydrogens is 348 g/mol. The molecule has 0 bridgehead atoms. The first kappa shape index (κ1) is 19.4. The molecule has 0 saturated carbocycles. The van der Waals surface area contributed by atoms with Crippen LogP contribution in [0.4, 0.5) is 0 Å². The van der Waals surface area contributed by atoms with E-state index in [0.29, 0.717) is 30.3 Å². The number of benzene rings is 1. The van der Waals surface area contributed by atoms with E-state index in [0.717, 1.165) is 50.8 Å². The Morgan fingerprint density at radius 3 is 2.23 bits per heavy atom. The zero-order valence-corrected chi connectivity index (χ0v) is 16.5. The molecule has 0 radical (unpaired) electrons. The van der Waals surface area contributed by atoms with Crippen LogP contribution in [-0.2, 0) is 14.8 Å². The molecule has 0 atom stereocenters. The van der Waals surface area contributed by atoms with Crippen LogP contribution in [0.1, 0.15) is 50.5 Å². The van der Waals surface area contributed by atoms with Gasteiger partial charge in [0.25, 0.3) is 0 Å². The molecule has 1 amide bonds. The van der Waals surface area contributed by atoms with Crippen molar-refractivity contribution in [2.75, 3.05) is 26.2 Å². The van der Waals surface area contributed by atoms with Gasteiger partial charge in [-0.2, -0.15) is 4.31 Å². The first-order valence-electron chi connectivity index (χ1n) is 9.81. The largest absolute Gasteiger partial charge is 0.343 e. The lowest BCUT2D eigenvalue weighted by molar-refractivity contribution is -0.132. The highest BCUT2D eigenvalue weighted by atomic mass is 32.2. The normalized spacial score (nSPS) is 20.3. The number of piperidine rings is 2. The topological polar surface area (TPSA) is 57.7 Å². The van der Waals surface area contributed by atoms with Crippen molar-refractivity contribution < 1.29 is 13.2 Å². The Kier molecular flexibility index (Phi) is 6.35. The van der Waals surface area contributed by atoms with Crippen molar-refractivity contribution in [3.05, 3.63) is 29.8 Å². The van der Waals surface area contributed by atoms with E-state index in [4.69, 9.17) is 0 Å². The Hall–Kier alpha value is -1.40. The molecule has 0 unspecified atom stereocenters. The van der Waals surface area contributed by atoms with Crippen LogP contribution in [0.15, 0.2) is 29.2 Å². The SMILES string of the molecule is Cc1ccc(S(=O)(=O)N2CCC(CCC(=O)N3CCCCC3)CC2)cc1. The van der Waals surface area contributed by atoms with Crippen molar-refractivity contribution in [2.45, 2.75) is 56.8 Å². The molecule has 2 aliphatic heterocycles. The quantitative estimate of drug-likeness (QED) is 0.791. The Morgan fingerprint density at radius 1 is 1.00 bits per heavy atom. The van der Waals surface area contributed by atoms with Crippen molar-refractivity contribution in [1.82, 2.24) is 9.21 Å². The lowest BCUT2D eigenvalue weighted by Crippen LogP contribution is -2.39. The maximum atomic E-state index is 12.7. The number of aryl methyl sites for hydroxylation is 1. The van der Waals surface area contributed by atoms with Gasteiger partial charge in [0.15, 0.2) is 0 Å². The molecule has 2 fully saturated rings. The van der Waals surface area contributed by atoms with Crippen molar-refractivity contribution in [3.63, 3.8) is 0 Å². The molecule has 0 aliphatic carbocycles. The van der Waals surface area contributed by atoms with E-state index in [1.165, 1.54) is 6.42 Å². The smallest absolute Gasteiger partial charge is 0.243 e. The average molecular weight is 379 g/mol. The van der Waals surface area contributed by atoms with Gasteiger partial charge in [0.1, 0.15) is 0 Å². The maximum Gasteiger partial charge on any atom is 0.243 e. The third-order valence-electron chi connectivity index (χ3n) is 5.71. The van der Waals surface area contributed by atoms with Crippen LogP contribution in [0.2, 0.25) is 0 Å². The highest BCUT2D eigenvalue weighted by molar-refractivity contribution is 7.89. The number of likely N-dealkylation sites (tertiary alicyclic amines) is 1. The van der Waals surface area contributed by atoms with E-state index in [1.54, 1.807) is 16.4 Å². The van der Waals surface area contributed by atoms with Crippen LogP contribution in [-0.4, -0.2) is 49.7 Å². The summed E-state index contributed by atoms with van der Waals surface area (Å²) < 4.78 is 27.1. The number of sulfonamides is 1. The number of amides is 1. The molecule has 2 saturated heterocycles. The van der Waals surface area contributed by atoms with Gasteiger partial charge in [0.2, 0.25) is 15.9 Å². The maximum absolute atomic E-state index is 12.7. The summed E-state index contributed by atoms with van der Waals surface area (Å²) in [5.41, 5.74) is 1.06. The van der Waals surface area contributed by atoms with Gasteiger partial charge in [-0.3, -0.25) is 4.79 Å². The summed E-state index contributed by atoms with van der Waals surface area (Å²) in [7, 11) is -3.39. The molecule has 2 aliphatic rings. The van der Waals surface area contributed by atoms with Crippen LogP contribution in [0, 0.1) is 12.8 Å². The van der Waals surface area contributed by atoms with E-state index in [2.05, 4.69) is 0 Å². The minimum atomic E-state index is -3.39. The predicted octanol–water partition coefficient (Wildman–Crippen LogP) is 3.19. The van der Waals surface area contributed by atoms with Crippen LogP contribution in [0.3, 0.4) is 0 Å². The Morgan fingerprint density at radius 2 is 1.62 bits per heavy atom. The second-order valence-electron chi connectivity index (χ2n) is 7.64. The minimum Gasteiger partial charge on any atom is -0.343 e. The summed E-state index contributed by atoms with van der Waals surface area (Å²) >= 11 is 0. The van der Waals surface area contributed by atoms with Gasteiger partial charge >= 0.3 is 0 Å². The summed E-state index contributed by atoms with van der Waals surface area (Å²) in [5, 5.41) is 0. The van der Waals surface area contributed by atoms with Gasteiger partial charge in [0, 0.05) is 32.6 Å². The number of hydrogen-bond donors (Lipinski definition) is 0. The Labute approximate surface area is 157 Å². The van der Waals surface area contributed by atoms with E-state index >= 15 is 0 Å². The van der Waals surface area contributed by atoms with Gasteiger partial charge in [-0.25, -0.2) is 8.42 Å². The third-order valence-corrected chi connectivity index (χ3v) is 7.62. The molecule has 0 spiro atoms. The lowest BCUT2D eigenvalue weighted by Gasteiger charge is -2.32. The van der Waals surface area contributed by atoms with Crippen LogP contribution >= 0.6 is 0 Å². The van der Waals surface area contributed by atoms with Crippen LogP contribution in [0.25, 0.3) is 0 Å². The zero-order valence-electron chi connectivity index (χ0n) is 15.7. The number of rotatable bonds is 5. The second-order valence-corrected chi connectivity index (χ2v) is 9.58. The highest BCUT2D eigenvalue weighted by Gasteiger charge is 2.29. The van der Waals surface area contributed by atoms with Gasteiger partial charge in [0.05, 0.1) is 4.90 Å². The third kappa shape index (κ3) is 4.65. The molecule has 26 heavy (non-hydrogen) atoms. The standard InChI is InChI=1S/C20H30N2O3S/c1-17-5-8-19(9-6-17)26(24,25)22-15-11-18(12-16-22)7-10-20(23)21-13-3-2-4-14-21/h5-6,8-9,18H,2-4,7,10-16H2,1H3. The molecule has 144 valence electrons. The number of nitrogens with zero attached hydrogens (tertiary/aromatic N) is 2. The van der Waals surface area contributed by atoms with Crippen LogP contribution < -0.4 is 0 Å². The molecule has 5 nitrogen and oxygen atoms in total. The molecule has 2 heterocycles. The fourth-order valence-corrected chi connectivity index (χ4v) is 5.40. The van der Waals surface area contributed by atoms with Gasteiger partial charge in [-0.1, -0.05) is 17.7 Å². The van der Waals surface area contributed by atoms with E-state index in [1.807, 2.05) is 24.0 Å². The second kappa shape index (κ2) is 8.53. The van der Waals surface area contributed by atoms with Gasteiger partial charge < -0.3 is 4.90 Å². The molecular formula is C20H30N2O3S. The average Bonchev–Trinajstić information content (AvgIpc) is 2.67. The molecule has 0 N–H and O–H groups in total. The molecule has 3 rings (SSSR count). The van der Waals surface area contributed by atoms with E-state index < -0.39 is 10.0 Å². The predicted molar refractivity (Wildman–Crippen MR) is 102 cm³/mol. The van der Waals surface area contributed by atoms with E-state index in [-0.39, 0.29) is 5.91 Å². The van der Waals surface area contributed by atoms with E-state index in [9.17, 15) is 13.2 Å². The number of hydrogen-bond acceptors (Lipinski definition) is 3. The fourth-order valence-electron chi connectivity index (χ4n) is 3.93. The number of carbonyl (C=O) groups excluding carboxylic acids is 1. The summed E-state index contributed by atoms with van der Waals surface area (Å²) in [6, 6.07) is 7.06. The summed E-state index contributed by atoms with van der Waals surface area (Å²) in [6.07, 6.45) is 6.67. The molecule has 6 heteroatoms. The highest BCUT2D eigenvalue weighted by Crippen LogP contribution is 2.27. The summed E-state index contributed by atoms with van der Waals surface area (Å²) in [5.74, 6) is 0.729. The molecule has 1 aromatic rings. The fraction of sp³-hybridized carbons (Fsp3) is 0.650.